The van der Waals surface area contributed by atoms with Gasteiger partial charge in [-0.05, 0) is 39.0 Å². The average Bonchev–Trinajstić information content (AvgIpc) is 2.50. The Morgan fingerprint density at radius 1 is 1.46 bits per heavy atom. The number of hydrogen-bond acceptors (Lipinski definition) is 1. The van der Waals surface area contributed by atoms with Crippen LogP contribution in [0.2, 0.25) is 0 Å². The Labute approximate surface area is 81.1 Å². The van der Waals surface area contributed by atoms with Crippen molar-refractivity contribution in [3.8, 4) is 0 Å². The van der Waals surface area contributed by atoms with Gasteiger partial charge in [-0.15, -0.1) is 0 Å². The van der Waals surface area contributed by atoms with Crippen molar-refractivity contribution >= 4 is 5.91 Å². The average molecular weight is 183 g/mol. The number of hydrogen-bond donors (Lipinski definition) is 1. The van der Waals surface area contributed by atoms with Gasteiger partial charge < -0.3 is 5.32 Å². The van der Waals surface area contributed by atoms with Crippen molar-refractivity contribution in [1.82, 2.24) is 5.32 Å². The highest BCUT2D eigenvalue weighted by Crippen LogP contribution is 2.32. The predicted molar refractivity (Wildman–Crippen MR) is 54.4 cm³/mol. The van der Waals surface area contributed by atoms with Crippen molar-refractivity contribution in [2.45, 2.75) is 52.5 Å². The standard InChI is InChI=1S/C11H21NO/c1-4-9-5-6-10(7-9)11(13)12-8(2)3/h8-10H,4-7H2,1-3H3,(H,12,13). The fraction of sp³-hybridized carbons (Fsp3) is 0.909. The minimum absolute atomic E-state index is 0.269. The summed E-state index contributed by atoms with van der Waals surface area (Å²) in [7, 11) is 0. The van der Waals surface area contributed by atoms with Crippen LogP contribution in [0.1, 0.15) is 46.5 Å². The van der Waals surface area contributed by atoms with Gasteiger partial charge in [-0.25, -0.2) is 0 Å². The summed E-state index contributed by atoms with van der Waals surface area (Å²) < 4.78 is 0. The highest BCUT2D eigenvalue weighted by molar-refractivity contribution is 5.79. The molecule has 13 heavy (non-hydrogen) atoms. The Hall–Kier alpha value is -0.530. The van der Waals surface area contributed by atoms with Gasteiger partial charge >= 0.3 is 0 Å². The fourth-order valence-electron chi connectivity index (χ4n) is 2.09. The molecule has 0 saturated heterocycles. The summed E-state index contributed by atoms with van der Waals surface area (Å²) in [6.07, 6.45) is 4.67. The number of amides is 1. The van der Waals surface area contributed by atoms with E-state index in [1.807, 2.05) is 13.8 Å². The van der Waals surface area contributed by atoms with Crippen LogP contribution in [0, 0.1) is 11.8 Å². The maximum Gasteiger partial charge on any atom is 0.223 e. The van der Waals surface area contributed by atoms with Crippen molar-refractivity contribution in [2.75, 3.05) is 0 Å². The van der Waals surface area contributed by atoms with Crippen LogP contribution in [0.4, 0.5) is 0 Å². The Morgan fingerprint density at radius 2 is 2.15 bits per heavy atom. The second-order valence-electron chi connectivity index (χ2n) is 4.45. The molecule has 0 radical (unpaired) electrons. The summed E-state index contributed by atoms with van der Waals surface area (Å²) in [5.41, 5.74) is 0. The van der Waals surface area contributed by atoms with E-state index in [1.165, 1.54) is 12.8 Å². The van der Waals surface area contributed by atoms with Gasteiger partial charge in [0.2, 0.25) is 5.91 Å². The minimum Gasteiger partial charge on any atom is -0.354 e. The molecule has 0 aliphatic heterocycles. The molecule has 1 fully saturated rings. The van der Waals surface area contributed by atoms with Crippen molar-refractivity contribution in [2.24, 2.45) is 11.8 Å². The topological polar surface area (TPSA) is 29.1 Å². The van der Waals surface area contributed by atoms with Crippen molar-refractivity contribution in [3.05, 3.63) is 0 Å². The molecular formula is C11H21NO. The monoisotopic (exact) mass is 183 g/mol. The van der Waals surface area contributed by atoms with Gasteiger partial charge in [0.05, 0.1) is 0 Å². The van der Waals surface area contributed by atoms with Gasteiger partial charge in [0, 0.05) is 12.0 Å². The number of nitrogens with one attached hydrogen (secondary N) is 1. The van der Waals surface area contributed by atoms with Gasteiger partial charge in [-0.3, -0.25) is 4.79 Å². The highest BCUT2D eigenvalue weighted by atomic mass is 16.1. The van der Waals surface area contributed by atoms with E-state index in [4.69, 9.17) is 0 Å². The molecule has 0 spiro atoms. The molecule has 76 valence electrons. The lowest BCUT2D eigenvalue weighted by Gasteiger charge is -2.13. The molecule has 1 N–H and O–H groups in total. The van der Waals surface area contributed by atoms with E-state index in [-0.39, 0.29) is 11.9 Å². The third-order valence-electron chi connectivity index (χ3n) is 2.92. The maximum atomic E-state index is 11.6. The zero-order valence-corrected chi connectivity index (χ0v) is 8.97. The van der Waals surface area contributed by atoms with Crippen LogP contribution >= 0.6 is 0 Å². The van der Waals surface area contributed by atoms with E-state index in [0.29, 0.717) is 5.92 Å². The highest BCUT2D eigenvalue weighted by Gasteiger charge is 2.28. The second kappa shape index (κ2) is 4.64. The molecule has 0 aromatic heterocycles. The first-order valence-corrected chi connectivity index (χ1v) is 5.43. The zero-order valence-electron chi connectivity index (χ0n) is 8.97. The molecule has 2 unspecified atom stereocenters. The Balaban J connectivity index is 2.33. The minimum atomic E-state index is 0.269. The quantitative estimate of drug-likeness (QED) is 0.715. The summed E-state index contributed by atoms with van der Waals surface area (Å²) in [6, 6.07) is 0.285. The zero-order chi connectivity index (χ0) is 9.84. The molecule has 2 atom stereocenters. The Morgan fingerprint density at radius 3 is 2.62 bits per heavy atom. The maximum absolute atomic E-state index is 11.6. The number of rotatable bonds is 3. The van der Waals surface area contributed by atoms with Crippen molar-refractivity contribution in [1.29, 1.82) is 0 Å². The Bertz CT molecular complexity index is 177. The molecule has 1 saturated carbocycles. The third kappa shape index (κ3) is 3.02. The summed E-state index contributed by atoms with van der Waals surface area (Å²) in [5.74, 6) is 1.36. The SMILES string of the molecule is CCC1CCC(C(=O)NC(C)C)C1. The molecule has 1 aliphatic carbocycles. The van der Waals surface area contributed by atoms with Gasteiger partial charge in [-0.2, -0.15) is 0 Å². The number of carbonyl (C=O) groups is 1. The lowest BCUT2D eigenvalue weighted by molar-refractivity contribution is -0.125. The molecule has 2 nitrogen and oxygen atoms in total. The van der Waals surface area contributed by atoms with Crippen LogP contribution in [-0.2, 0) is 4.79 Å². The third-order valence-corrected chi connectivity index (χ3v) is 2.92. The Kier molecular flexibility index (Phi) is 3.76. The van der Waals surface area contributed by atoms with Gasteiger partial charge in [0.25, 0.3) is 0 Å². The molecule has 0 aromatic carbocycles. The van der Waals surface area contributed by atoms with Crippen LogP contribution in [-0.4, -0.2) is 11.9 Å². The molecular weight excluding hydrogens is 162 g/mol. The molecule has 1 rings (SSSR count). The largest absolute Gasteiger partial charge is 0.354 e. The molecule has 0 heterocycles. The van der Waals surface area contributed by atoms with E-state index in [2.05, 4.69) is 12.2 Å². The first kappa shape index (κ1) is 10.6. The van der Waals surface area contributed by atoms with Crippen LogP contribution in [0.5, 0.6) is 0 Å². The van der Waals surface area contributed by atoms with Gasteiger partial charge in [0.15, 0.2) is 0 Å². The van der Waals surface area contributed by atoms with Crippen LogP contribution in [0.25, 0.3) is 0 Å². The summed E-state index contributed by atoms with van der Waals surface area (Å²) >= 11 is 0. The molecule has 2 heteroatoms. The lowest BCUT2D eigenvalue weighted by Crippen LogP contribution is -2.34. The fourth-order valence-corrected chi connectivity index (χ4v) is 2.09. The van der Waals surface area contributed by atoms with E-state index >= 15 is 0 Å². The van der Waals surface area contributed by atoms with E-state index in [0.717, 1.165) is 18.8 Å². The smallest absolute Gasteiger partial charge is 0.223 e. The van der Waals surface area contributed by atoms with Gasteiger partial charge in [-0.1, -0.05) is 13.3 Å². The lowest BCUT2D eigenvalue weighted by atomic mass is 10.0. The normalized spacial score (nSPS) is 28.0. The van der Waals surface area contributed by atoms with E-state index < -0.39 is 0 Å². The summed E-state index contributed by atoms with van der Waals surface area (Å²) in [4.78, 5) is 11.6. The van der Waals surface area contributed by atoms with Crippen LogP contribution in [0.15, 0.2) is 0 Å². The molecule has 1 aliphatic rings. The molecule has 0 aromatic rings. The second-order valence-corrected chi connectivity index (χ2v) is 4.45. The van der Waals surface area contributed by atoms with Crippen LogP contribution in [0.3, 0.4) is 0 Å². The molecule has 1 amide bonds. The first-order valence-electron chi connectivity index (χ1n) is 5.43. The summed E-state index contributed by atoms with van der Waals surface area (Å²) in [6.45, 7) is 6.25. The predicted octanol–water partition coefficient (Wildman–Crippen LogP) is 2.34. The van der Waals surface area contributed by atoms with Crippen molar-refractivity contribution in [3.63, 3.8) is 0 Å². The van der Waals surface area contributed by atoms with Crippen molar-refractivity contribution < 1.29 is 4.79 Å². The van der Waals surface area contributed by atoms with Crippen LogP contribution < -0.4 is 5.32 Å². The molecule has 0 bridgehead atoms. The number of carbonyl (C=O) groups excluding carboxylic acids is 1. The van der Waals surface area contributed by atoms with Gasteiger partial charge in [0.1, 0.15) is 0 Å². The summed E-state index contributed by atoms with van der Waals surface area (Å²) in [5, 5.41) is 2.99. The van der Waals surface area contributed by atoms with E-state index in [1.54, 1.807) is 0 Å². The van der Waals surface area contributed by atoms with E-state index in [9.17, 15) is 4.79 Å². The first-order chi connectivity index (χ1) is 6.13.